The number of rotatable bonds is 11. The zero-order valence-electron chi connectivity index (χ0n) is 12.5. The molecule has 0 saturated carbocycles. The lowest BCUT2D eigenvalue weighted by Gasteiger charge is -2.02. The molecule has 0 radical (unpaired) electrons. The Labute approximate surface area is 122 Å². The van der Waals surface area contributed by atoms with Gasteiger partial charge in [-0.25, -0.2) is 0 Å². The van der Waals surface area contributed by atoms with Crippen LogP contribution in [0.2, 0.25) is 0 Å². The first-order chi connectivity index (χ1) is 9.86. The largest absolute Gasteiger partial charge is 0.411 e. The second-order valence-corrected chi connectivity index (χ2v) is 5.05. The first-order valence-corrected chi connectivity index (χ1v) is 7.61. The molecule has 0 aliphatic heterocycles. The molecular weight excluding hydrogens is 252 g/mol. The lowest BCUT2D eigenvalue weighted by Crippen LogP contribution is -2.34. The van der Waals surface area contributed by atoms with Crippen LogP contribution in [-0.2, 0) is 11.5 Å². The van der Waals surface area contributed by atoms with E-state index in [1.165, 1.54) is 44.7 Å². The Kier molecular flexibility index (Phi) is 9.49. The predicted molar refractivity (Wildman–Crippen MR) is 80.0 cm³/mol. The van der Waals surface area contributed by atoms with Gasteiger partial charge >= 0.3 is 0 Å². The first-order valence-electron chi connectivity index (χ1n) is 7.61. The van der Waals surface area contributed by atoms with Crippen LogP contribution in [0, 0.1) is 0 Å². The molecule has 1 N–H and O–H groups in total. The molecule has 1 heterocycles. The minimum atomic E-state index is 0.576. The van der Waals surface area contributed by atoms with E-state index in [0.29, 0.717) is 6.73 Å². The molecule has 1 rings (SSSR count). The summed E-state index contributed by atoms with van der Waals surface area (Å²) in [4.78, 5) is 0. The third-order valence-electron chi connectivity index (χ3n) is 3.26. The predicted octanol–water partition coefficient (Wildman–Crippen LogP) is 3.51. The highest BCUT2D eigenvalue weighted by atomic mass is 16.5. The number of pyridine rings is 1. The number of hydrogen-bond donors (Lipinski definition) is 1. The third kappa shape index (κ3) is 7.89. The Morgan fingerprint density at radius 2 is 1.75 bits per heavy atom. The zero-order valence-corrected chi connectivity index (χ0v) is 12.5. The topological polar surface area (TPSA) is 45.7 Å². The SMILES string of the molecule is CCCCCCCCCOC[n+]1ccc(/C=N/O)cc1. The van der Waals surface area contributed by atoms with Gasteiger partial charge in [0, 0.05) is 17.7 Å². The average Bonchev–Trinajstić information content (AvgIpc) is 2.47. The highest BCUT2D eigenvalue weighted by Gasteiger charge is 1.99. The number of hydrogen-bond acceptors (Lipinski definition) is 3. The molecule has 20 heavy (non-hydrogen) atoms. The van der Waals surface area contributed by atoms with Crippen molar-refractivity contribution >= 4 is 6.21 Å². The molecule has 0 bridgehead atoms. The van der Waals surface area contributed by atoms with Crippen molar-refractivity contribution in [1.82, 2.24) is 0 Å². The second-order valence-electron chi connectivity index (χ2n) is 5.05. The van der Waals surface area contributed by atoms with E-state index in [0.717, 1.165) is 18.6 Å². The first kappa shape index (κ1) is 16.6. The number of oxime groups is 1. The second kappa shape index (κ2) is 11.4. The summed E-state index contributed by atoms with van der Waals surface area (Å²) < 4.78 is 7.60. The van der Waals surface area contributed by atoms with Gasteiger partial charge in [0.25, 0.3) is 6.73 Å². The van der Waals surface area contributed by atoms with Gasteiger partial charge in [0.15, 0.2) is 12.4 Å². The molecule has 0 aromatic carbocycles. The average molecular weight is 279 g/mol. The van der Waals surface area contributed by atoms with Crippen molar-refractivity contribution in [3.05, 3.63) is 30.1 Å². The Bertz CT molecular complexity index is 363. The number of unbranched alkanes of at least 4 members (excludes halogenated alkanes) is 6. The molecule has 112 valence electrons. The molecule has 0 spiro atoms. The maximum absolute atomic E-state index is 8.42. The summed E-state index contributed by atoms with van der Waals surface area (Å²) in [6, 6.07) is 3.77. The zero-order chi connectivity index (χ0) is 14.5. The molecule has 0 aliphatic rings. The van der Waals surface area contributed by atoms with Crippen molar-refractivity contribution < 1.29 is 14.5 Å². The fraction of sp³-hybridized carbons (Fsp3) is 0.625. The van der Waals surface area contributed by atoms with Gasteiger partial charge in [-0.15, -0.1) is 0 Å². The smallest absolute Gasteiger partial charge is 0.252 e. The molecule has 1 aromatic heterocycles. The van der Waals surface area contributed by atoms with Gasteiger partial charge in [-0.1, -0.05) is 50.6 Å². The van der Waals surface area contributed by atoms with Gasteiger partial charge in [-0.05, 0) is 6.42 Å². The number of nitrogens with zero attached hydrogens (tertiary/aromatic N) is 2. The molecule has 1 aromatic rings. The maximum Gasteiger partial charge on any atom is 0.252 e. The van der Waals surface area contributed by atoms with E-state index in [1.807, 2.05) is 29.1 Å². The fourth-order valence-electron chi connectivity index (χ4n) is 2.04. The van der Waals surface area contributed by atoms with Crippen molar-refractivity contribution in [1.29, 1.82) is 0 Å². The molecular formula is C16H27N2O2+. The van der Waals surface area contributed by atoms with Crippen molar-refractivity contribution in [2.75, 3.05) is 6.61 Å². The lowest BCUT2D eigenvalue weighted by molar-refractivity contribution is -0.732. The van der Waals surface area contributed by atoms with E-state index in [1.54, 1.807) is 0 Å². The van der Waals surface area contributed by atoms with E-state index in [2.05, 4.69) is 12.1 Å². The third-order valence-corrected chi connectivity index (χ3v) is 3.26. The number of aromatic nitrogens is 1. The summed E-state index contributed by atoms with van der Waals surface area (Å²) in [7, 11) is 0. The van der Waals surface area contributed by atoms with E-state index in [4.69, 9.17) is 9.94 Å². The molecule has 0 amide bonds. The Hall–Kier alpha value is -1.42. The number of ether oxygens (including phenoxy) is 1. The Morgan fingerprint density at radius 3 is 2.40 bits per heavy atom. The van der Waals surface area contributed by atoms with Gasteiger partial charge in [-0.3, -0.25) is 0 Å². The van der Waals surface area contributed by atoms with E-state index >= 15 is 0 Å². The Morgan fingerprint density at radius 1 is 1.10 bits per heavy atom. The molecule has 4 nitrogen and oxygen atoms in total. The van der Waals surface area contributed by atoms with Gasteiger partial charge < -0.3 is 9.94 Å². The molecule has 0 aliphatic carbocycles. The van der Waals surface area contributed by atoms with Gasteiger partial charge in [-0.2, -0.15) is 4.57 Å². The quantitative estimate of drug-likeness (QED) is 0.221. The summed E-state index contributed by atoms with van der Waals surface area (Å²) in [6.07, 6.45) is 14.4. The lowest BCUT2D eigenvalue weighted by atomic mass is 10.1. The van der Waals surface area contributed by atoms with Crippen LogP contribution >= 0.6 is 0 Å². The summed E-state index contributed by atoms with van der Waals surface area (Å²) in [5.74, 6) is 0. The minimum absolute atomic E-state index is 0.576. The van der Waals surface area contributed by atoms with Crippen molar-refractivity contribution in [3.8, 4) is 0 Å². The van der Waals surface area contributed by atoms with Crippen molar-refractivity contribution in [3.63, 3.8) is 0 Å². The normalized spacial score (nSPS) is 11.2. The molecule has 0 fully saturated rings. The van der Waals surface area contributed by atoms with Crippen LogP contribution in [0.5, 0.6) is 0 Å². The minimum Gasteiger partial charge on any atom is -0.411 e. The maximum atomic E-state index is 8.42. The molecule has 0 unspecified atom stereocenters. The van der Waals surface area contributed by atoms with E-state index < -0.39 is 0 Å². The summed E-state index contributed by atoms with van der Waals surface area (Å²) in [5.41, 5.74) is 0.871. The molecule has 4 heteroatoms. The highest BCUT2D eigenvalue weighted by Crippen LogP contribution is 2.06. The standard InChI is InChI=1S/C16H26N2O2/c1-2-3-4-5-6-7-8-13-20-15-18-11-9-16(10-12-18)14-17-19/h9-12,14H,2-8,13,15H2,1H3/p+1. The van der Waals surface area contributed by atoms with Gasteiger partial charge in [0.1, 0.15) is 0 Å². The van der Waals surface area contributed by atoms with Crippen LogP contribution in [-0.4, -0.2) is 18.0 Å². The van der Waals surface area contributed by atoms with Crippen molar-refractivity contribution in [2.45, 2.75) is 58.6 Å². The summed E-state index contributed by atoms with van der Waals surface area (Å²) >= 11 is 0. The van der Waals surface area contributed by atoms with E-state index in [-0.39, 0.29) is 0 Å². The highest BCUT2D eigenvalue weighted by molar-refractivity contribution is 5.78. The fourth-order valence-corrected chi connectivity index (χ4v) is 2.04. The van der Waals surface area contributed by atoms with Crippen LogP contribution in [0.3, 0.4) is 0 Å². The summed E-state index contributed by atoms with van der Waals surface area (Å²) in [5, 5.41) is 11.4. The van der Waals surface area contributed by atoms with E-state index in [9.17, 15) is 0 Å². The van der Waals surface area contributed by atoms with Gasteiger partial charge in [0.2, 0.25) is 0 Å². The molecule has 0 saturated heterocycles. The van der Waals surface area contributed by atoms with Crippen LogP contribution < -0.4 is 4.57 Å². The van der Waals surface area contributed by atoms with Crippen LogP contribution in [0.4, 0.5) is 0 Å². The van der Waals surface area contributed by atoms with Crippen molar-refractivity contribution in [2.24, 2.45) is 5.16 Å². The molecule has 0 atom stereocenters. The monoisotopic (exact) mass is 279 g/mol. The van der Waals surface area contributed by atoms with Gasteiger partial charge in [0.05, 0.1) is 12.8 Å². The van der Waals surface area contributed by atoms with Crippen LogP contribution in [0.1, 0.15) is 57.4 Å². The Balaban J connectivity index is 2.01. The van der Waals surface area contributed by atoms with Crippen LogP contribution in [0.15, 0.2) is 29.7 Å². The summed E-state index contributed by atoms with van der Waals surface area (Å²) in [6.45, 7) is 3.64. The van der Waals surface area contributed by atoms with Crippen LogP contribution in [0.25, 0.3) is 0 Å².